The third kappa shape index (κ3) is 4.72. The zero-order valence-corrected chi connectivity index (χ0v) is 15.1. The van der Waals surface area contributed by atoms with Gasteiger partial charge in [-0.3, -0.25) is 4.90 Å². The average molecular weight is 394 g/mol. The zero-order valence-electron chi connectivity index (χ0n) is 15.1. The third-order valence-corrected chi connectivity index (χ3v) is 4.73. The van der Waals surface area contributed by atoms with E-state index in [0.717, 1.165) is 6.42 Å². The van der Waals surface area contributed by atoms with Crippen molar-refractivity contribution < 1.29 is 27.8 Å². The molecule has 0 bridgehead atoms. The molecule has 0 aliphatic carbocycles. The SMILES string of the molecule is CN(c1ncccc1C(=O)[O-])[C@@H]1CCN(Cc2ccccc2OC(F)(F)F)C1. The van der Waals surface area contributed by atoms with Crippen molar-refractivity contribution in [1.29, 1.82) is 0 Å². The van der Waals surface area contributed by atoms with Crippen LogP contribution >= 0.6 is 0 Å². The van der Waals surface area contributed by atoms with Crippen LogP contribution in [-0.2, 0) is 6.54 Å². The maximum atomic E-state index is 12.6. The van der Waals surface area contributed by atoms with Crippen LogP contribution in [0, 0.1) is 0 Å². The number of ether oxygens (including phenoxy) is 1. The second-order valence-corrected chi connectivity index (χ2v) is 6.61. The number of likely N-dealkylation sites (N-methyl/N-ethyl adjacent to an activating group) is 1. The van der Waals surface area contributed by atoms with Gasteiger partial charge in [-0.2, -0.15) is 0 Å². The summed E-state index contributed by atoms with van der Waals surface area (Å²) in [7, 11) is 1.75. The first kappa shape index (κ1) is 19.9. The second kappa shape index (κ2) is 8.05. The van der Waals surface area contributed by atoms with Gasteiger partial charge in [0.2, 0.25) is 0 Å². The quantitative estimate of drug-likeness (QED) is 0.747. The smallest absolute Gasteiger partial charge is 0.545 e. The van der Waals surface area contributed by atoms with Crippen molar-refractivity contribution in [1.82, 2.24) is 9.88 Å². The molecule has 2 aromatic rings. The Hall–Kier alpha value is -2.81. The highest BCUT2D eigenvalue weighted by molar-refractivity contribution is 5.91. The van der Waals surface area contributed by atoms with Gasteiger partial charge in [-0.25, -0.2) is 4.98 Å². The summed E-state index contributed by atoms with van der Waals surface area (Å²) in [5.74, 6) is -1.20. The fourth-order valence-electron chi connectivity index (χ4n) is 3.38. The predicted octanol–water partition coefficient (Wildman–Crippen LogP) is 2.05. The van der Waals surface area contributed by atoms with E-state index in [4.69, 9.17) is 0 Å². The number of carbonyl (C=O) groups excluding carboxylic acids is 1. The molecule has 1 aromatic heterocycles. The molecule has 9 heteroatoms. The number of nitrogens with zero attached hydrogens (tertiary/aromatic N) is 3. The van der Waals surface area contributed by atoms with Crippen LogP contribution in [0.2, 0.25) is 0 Å². The van der Waals surface area contributed by atoms with Gasteiger partial charge in [-0.15, -0.1) is 13.2 Å². The Morgan fingerprint density at radius 3 is 2.79 bits per heavy atom. The number of carboxylic acids is 1. The highest BCUT2D eigenvalue weighted by Gasteiger charge is 2.33. The lowest BCUT2D eigenvalue weighted by Crippen LogP contribution is -2.37. The number of benzene rings is 1. The number of carbonyl (C=O) groups is 1. The van der Waals surface area contributed by atoms with E-state index < -0.39 is 12.3 Å². The van der Waals surface area contributed by atoms with Crippen LogP contribution in [0.15, 0.2) is 42.6 Å². The number of rotatable bonds is 6. The molecule has 28 heavy (non-hydrogen) atoms. The molecule has 1 aliphatic rings. The van der Waals surface area contributed by atoms with Crippen LogP contribution in [0.5, 0.6) is 5.75 Å². The van der Waals surface area contributed by atoms with Crippen LogP contribution in [0.3, 0.4) is 0 Å². The van der Waals surface area contributed by atoms with Gasteiger partial charge in [0.05, 0.1) is 5.97 Å². The molecular formula is C19H19F3N3O3-. The van der Waals surface area contributed by atoms with Crippen LogP contribution in [0.4, 0.5) is 19.0 Å². The minimum atomic E-state index is -4.75. The van der Waals surface area contributed by atoms with Crippen molar-refractivity contribution in [2.75, 3.05) is 25.0 Å². The number of hydrogen-bond donors (Lipinski definition) is 0. The number of hydrogen-bond acceptors (Lipinski definition) is 6. The summed E-state index contributed by atoms with van der Waals surface area (Å²) < 4.78 is 41.9. The average Bonchev–Trinajstić information content (AvgIpc) is 3.10. The van der Waals surface area contributed by atoms with Crippen molar-refractivity contribution in [2.45, 2.75) is 25.4 Å². The van der Waals surface area contributed by atoms with Crippen LogP contribution < -0.4 is 14.7 Å². The Labute approximate surface area is 160 Å². The first-order valence-corrected chi connectivity index (χ1v) is 8.70. The van der Waals surface area contributed by atoms with Gasteiger partial charge < -0.3 is 19.5 Å². The predicted molar refractivity (Wildman–Crippen MR) is 93.8 cm³/mol. The number of alkyl halides is 3. The third-order valence-electron chi connectivity index (χ3n) is 4.73. The molecule has 0 radical (unpaired) electrons. The summed E-state index contributed by atoms with van der Waals surface area (Å²) in [4.78, 5) is 19.2. The van der Waals surface area contributed by atoms with Crippen LogP contribution in [0.1, 0.15) is 22.3 Å². The van der Waals surface area contributed by atoms with E-state index in [-0.39, 0.29) is 17.4 Å². The van der Waals surface area contributed by atoms with Crippen molar-refractivity contribution in [3.8, 4) is 5.75 Å². The van der Waals surface area contributed by atoms with Gasteiger partial charge in [-0.05, 0) is 24.6 Å². The molecular weight excluding hydrogens is 375 g/mol. The largest absolute Gasteiger partial charge is 0.573 e. The van der Waals surface area contributed by atoms with Gasteiger partial charge in [0, 0.05) is 50.0 Å². The summed E-state index contributed by atoms with van der Waals surface area (Å²) in [5, 5.41) is 11.3. The van der Waals surface area contributed by atoms with Gasteiger partial charge >= 0.3 is 6.36 Å². The lowest BCUT2D eigenvalue weighted by Gasteiger charge is -2.28. The fourth-order valence-corrected chi connectivity index (χ4v) is 3.38. The van der Waals surface area contributed by atoms with Gasteiger partial charge in [-0.1, -0.05) is 18.2 Å². The molecule has 0 saturated carbocycles. The van der Waals surface area contributed by atoms with Crippen molar-refractivity contribution in [3.05, 3.63) is 53.7 Å². The number of aromatic carboxylic acids is 1. The number of carboxylic acid groups (broad SMARTS) is 1. The highest BCUT2D eigenvalue weighted by Crippen LogP contribution is 2.29. The summed E-state index contributed by atoms with van der Waals surface area (Å²) in [6, 6.07) is 9.00. The summed E-state index contributed by atoms with van der Waals surface area (Å²) >= 11 is 0. The lowest BCUT2D eigenvalue weighted by molar-refractivity contribution is -0.275. The molecule has 1 fully saturated rings. The van der Waals surface area contributed by atoms with E-state index in [2.05, 4.69) is 9.72 Å². The molecule has 1 saturated heterocycles. The summed E-state index contributed by atoms with van der Waals surface area (Å²) in [6.45, 7) is 1.51. The second-order valence-electron chi connectivity index (χ2n) is 6.61. The van der Waals surface area contributed by atoms with Crippen molar-refractivity contribution >= 4 is 11.8 Å². The normalized spacial score (nSPS) is 17.5. The standard InChI is InChI=1S/C19H20F3N3O3/c1-24(17-15(18(26)27)6-4-9-23-17)14-8-10-25(12-14)11-13-5-2-3-7-16(13)28-19(20,21)22/h2-7,9,14H,8,10-12H2,1H3,(H,26,27)/p-1/t14-/m1/s1. The molecule has 0 N–H and O–H groups in total. The number of para-hydroxylation sites is 1. The number of pyridine rings is 1. The molecule has 0 amide bonds. The molecule has 6 nitrogen and oxygen atoms in total. The zero-order chi connectivity index (χ0) is 20.3. The number of anilines is 1. The number of likely N-dealkylation sites (tertiary alicyclic amines) is 1. The van der Waals surface area contributed by atoms with Gasteiger partial charge in [0.1, 0.15) is 11.6 Å². The number of aromatic nitrogens is 1. The molecule has 1 aromatic carbocycles. The monoisotopic (exact) mass is 394 g/mol. The molecule has 1 atom stereocenters. The maximum Gasteiger partial charge on any atom is 0.573 e. The van der Waals surface area contributed by atoms with Crippen molar-refractivity contribution in [2.24, 2.45) is 0 Å². The highest BCUT2D eigenvalue weighted by atomic mass is 19.4. The van der Waals surface area contributed by atoms with E-state index in [1.807, 2.05) is 4.90 Å². The van der Waals surface area contributed by atoms with Gasteiger partial charge in [0.15, 0.2) is 0 Å². The Bertz CT molecular complexity index is 844. The fraction of sp³-hybridized carbons (Fsp3) is 0.368. The summed E-state index contributed by atoms with van der Waals surface area (Å²) in [6.07, 6.45) is -2.51. The molecule has 0 unspecified atom stereocenters. The maximum absolute atomic E-state index is 12.6. The Kier molecular flexibility index (Phi) is 5.73. The Morgan fingerprint density at radius 2 is 2.07 bits per heavy atom. The molecule has 150 valence electrons. The first-order valence-electron chi connectivity index (χ1n) is 8.70. The molecule has 2 heterocycles. The van der Waals surface area contributed by atoms with E-state index >= 15 is 0 Å². The number of halogens is 3. The van der Waals surface area contributed by atoms with Crippen molar-refractivity contribution in [3.63, 3.8) is 0 Å². The Morgan fingerprint density at radius 1 is 1.32 bits per heavy atom. The molecule has 3 rings (SSSR count). The van der Waals surface area contributed by atoms with Crippen LogP contribution in [0.25, 0.3) is 0 Å². The van der Waals surface area contributed by atoms with Crippen LogP contribution in [-0.4, -0.2) is 48.4 Å². The lowest BCUT2D eigenvalue weighted by atomic mass is 10.2. The topological polar surface area (TPSA) is 68.7 Å². The minimum absolute atomic E-state index is 0.00683. The van der Waals surface area contributed by atoms with E-state index in [9.17, 15) is 23.1 Å². The van der Waals surface area contributed by atoms with E-state index in [1.165, 1.54) is 30.5 Å². The van der Waals surface area contributed by atoms with E-state index in [1.54, 1.807) is 24.1 Å². The summed E-state index contributed by atoms with van der Waals surface area (Å²) in [5.41, 5.74) is 0.448. The molecule has 0 spiro atoms. The first-order chi connectivity index (χ1) is 13.2. The molecule has 1 aliphatic heterocycles. The Balaban J connectivity index is 1.69. The van der Waals surface area contributed by atoms with Gasteiger partial charge in [0.25, 0.3) is 0 Å². The minimum Gasteiger partial charge on any atom is -0.545 e. The van der Waals surface area contributed by atoms with E-state index in [0.29, 0.717) is 31.0 Å².